The molecule has 1 aliphatic rings. The van der Waals surface area contributed by atoms with Crippen LogP contribution in [0.15, 0.2) is 12.1 Å². The zero-order valence-electron chi connectivity index (χ0n) is 11.3. The van der Waals surface area contributed by atoms with E-state index in [2.05, 4.69) is 6.92 Å². The van der Waals surface area contributed by atoms with Gasteiger partial charge in [0, 0.05) is 5.02 Å². The van der Waals surface area contributed by atoms with Gasteiger partial charge in [-0.3, -0.25) is 0 Å². The summed E-state index contributed by atoms with van der Waals surface area (Å²) in [4.78, 5) is 12.0. The quantitative estimate of drug-likeness (QED) is 0.515. The van der Waals surface area contributed by atoms with Crippen LogP contribution in [-0.4, -0.2) is 12.6 Å². The molecule has 5 heteroatoms. The zero-order valence-corrected chi connectivity index (χ0v) is 13.6. The molecule has 1 saturated carbocycles. The van der Waals surface area contributed by atoms with Crippen LogP contribution in [0, 0.1) is 11.8 Å². The van der Waals surface area contributed by atoms with Crippen molar-refractivity contribution in [2.75, 3.05) is 6.61 Å². The monoisotopic (exact) mass is 334 g/mol. The minimum atomic E-state index is -0.467. The van der Waals surface area contributed by atoms with Gasteiger partial charge >= 0.3 is 5.97 Å². The third kappa shape index (κ3) is 3.81. The van der Waals surface area contributed by atoms with E-state index in [1.54, 1.807) is 0 Å². The molecule has 110 valence electrons. The molecule has 1 aromatic carbocycles. The van der Waals surface area contributed by atoms with E-state index in [4.69, 9.17) is 39.5 Å². The molecule has 0 saturated heterocycles. The standard InChI is InChI=1S/C15H17Cl3O2/c1-2-9-5-10(6-9)3-4-20-15(19)12-7-11(16)8-13(17)14(12)18/h7-10H,2-6H2,1H3. The summed E-state index contributed by atoms with van der Waals surface area (Å²) in [5, 5.41) is 0.822. The van der Waals surface area contributed by atoms with Crippen LogP contribution in [0.3, 0.4) is 0 Å². The lowest BCUT2D eigenvalue weighted by Gasteiger charge is -2.34. The van der Waals surface area contributed by atoms with Crippen molar-refractivity contribution in [2.24, 2.45) is 11.8 Å². The number of halogens is 3. The van der Waals surface area contributed by atoms with Crippen LogP contribution in [0.1, 0.15) is 43.0 Å². The summed E-state index contributed by atoms with van der Waals surface area (Å²) in [6, 6.07) is 2.98. The highest BCUT2D eigenvalue weighted by Gasteiger charge is 2.27. The summed E-state index contributed by atoms with van der Waals surface area (Å²) in [7, 11) is 0. The van der Waals surface area contributed by atoms with Crippen molar-refractivity contribution in [1.82, 2.24) is 0 Å². The molecule has 1 fully saturated rings. The van der Waals surface area contributed by atoms with E-state index in [9.17, 15) is 4.79 Å². The van der Waals surface area contributed by atoms with E-state index in [0.717, 1.165) is 12.3 Å². The lowest BCUT2D eigenvalue weighted by molar-refractivity contribution is 0.0437. The lowest BCUT2D eigenvalue weighted by Crippen LogP contribution is -2.24. The molecular formula is C15H17Cl3O2. The summed E-state index contributed by atoms with van der Waals surface area (Å²) in [6.45, 7) is 2.63. The third-order valence-electron chi connectivity index (χ3n) is 3.88. The van der Waals surface area contributed by atoms with Crippen LogP contribution in [0.4, 0.5) is 0 Å². The first-order valence-electron chi connectivity index (χ1n) is 6.83. The molecule has 0 aromatic heterocycles. The molecule has 1 aromatic rings. The molecule has 0 bridgehead atoms. The Morgan fingerprint density at radius 3 is 2.60 bits per heavy atom. The number of hydrogen-bond acceptors (Lipinski definition) is 2. The van der Waals surface area contributed by atoms with Crippen molar-refractivity contribution in [2.45, 2.75) is 32.6 Å². The summed E-state index contributed by atoms with van der Waals surface area (Å²) >= 11 is 17.7. The molecule has 2 nitrogen and oxygen atoms in total. The lowest BCUT2D eigenvalue weighted by atomic mass is 9.72. The second kappa shape index (κ2) is 7.02. The van der Waals surface area contributed by atoms with Gasteiger partial charge in [0.2, 0.25) is 0 Å². The van der Waals surface area contributed by atoms with Gasteiger partial charge in [0.05, 0.1) is 22.2 Å². The Labute approximate surface area is 134 Å². The van der Waals surface area contributed by atoms with Crippen LogP contribution in [0.25, 0.3) is 0 Å². The summed E-state index contributed by atoms with van der Waals surface area (Å²) < 4.78 is 5.25. The molecule has 0 N–H and O–H groups in total. The van der Waals surface area contributed by atoms with Crippen LogP contribution >= 0.6 is 34.8 Å². The van der Waals surface area contributed by atoms with Gasteiger partial charge in [0.25, 0.3) is 0 Å². The molecular weight excluding hydrogens is 319 g/mol. The van der Waals surface area contributed by atoms with Crippen molar-refractivity contribution in [3.05, 3.63) is 32.8 Å². The highest BCUT2D eigenvalue weighted by Crippen LogP contribution is 2.38. The van der Waals surface area contributed by atoms with Crippen molar-refractivity contribution in [3.63, 3.8) is 0 Å². The summed E-state index contributed by atoms with van der Waals surface area (Å²) in [6.07, 6.45) is 4.65. The average molecular weight is 336 g/mol. The van der Waals surface area contributed by atoms with Crippen LogP contribution < -0.4 is 0 Å². The van der Waals surface area contributed by atoms with Crippen molar-refractivity contribution >= 4 is 40.8 Å². The number of carbonyl (C=O) groups is 1. The second-order valence-electron chi connectivity index (χ2n) is 5.29. The second-order valence-corrected chi connectivity index (χ2v) is 6.51. The Hall–Kier alpha value is -0.440. The first kappa shape index (κ1) is 15.9. The van der Waals surface area contributed by atoms with Crippen molar-refractivity contribution in [1.29, 1.82) is 0 Å². The van der Waals surface area contributed by atoms with Crippen molar-refractivity contribution in [3.8, 4) is 0 Å². The Balaban J connectivity index is 1.83. The van der Waals surface area contributed by atoms with E-state index in [0.29, 0.717) is 17.5 Å². The predicted molar refractivity (Wildman–Crippen MR) is 82.9 cm³/mol. The number of rotatable bonds is 5. The van der Waals surface area contributed by atoms with Crippen LogP contribution in [0.2, 0.25) is 15.1 Å². The molecule has 2 rings (SSSR count). The number of esters is 1. The maximum atomic E-state index is 12.0. The fraction of sp³-hybridized carbons (Fsp3) is 0.533. The highest BCUT2D eigenvalue weighted by atomic mass is 35.5. The normalized spacial score (nSPS) is 21.4. The van der Waals surface area contributed by atoms with Crippen LogP contribution in [0.5, 0.6) is 0 Å². The number of ether oxygens (including phenoxy) is 1. The first-order valence-corrected chi connectivity index (χ1v) is 7.96. The number of carbonyl (C=O) groups excluding carboxylic acids is 1. The van der Waals surface area contributed by atoms with Crippen molar-refractivity contribution < 1.29 is 9.53 Å². The molecule has 0 aliphatic heterocycles. The molecule has 0 atom stereocenters. The Bertz CT molecular complexity index is 496. The van der Waals surface area contributed by atoms with Gasteiger partial charge in [0.15, 0.2) is 0 Å². The predicted octanol–water partition coefficient (Wildman–Crippen LogP) is 5.63. The average Bonchev–Trinajstić information content (AvgIpc) is 2.36. The molecule has 0 radical (unpaired) electrons. The fourth-order valence-corrected chi connectivity index (χ4v) is 3.22. The largest absolute Gasteiger partial charge is 0.462 e. The van der Waals surface area contributed by atoms with E-state index in [1.165, 1.54) is 31.4 Å². The molecule has 20 heavy (non-hydrogen) atoms. The molecule has 1 aliphatic carbocycles. The van der Waals surface area contributed by atoms with E-state index in [1.807, 2.05) is 0 Å². The SMILES string of the molecule is CCC1CC(CCOC(=O)c2cc(Cl)cc(Cl)c2Cl)C1. The maximum absolute atomic E-state index is 12.0. The molecule has 0 heterocycles. The van der Waals surface area contributed by atoms with Gasteiger partial charge in [-0.25, -0.2) is 4.79 Å². The Morgan fingerprint density at radius 2 is 1.95 bits per heavy atom. The smallest absolute Gasteiger partial charge is 0.339 e. The van der Waals surface area contributed by atoms with E-state index >= 15 is 0 Å². The van der Waals surface area contributed by atoms with Gasteiger partial charge < -0.3 is 4.74 Å². The molecule has 0 unspecified atom stereocenters. The highest BCUT2D eigenvalue weighted by molar-refractivity contribution is 6.45. The number of hydrogen-bond donors (Lipinski definition) is 0. The van der Waals surface area contributed by atoms with E-state index < -0.39 is 5.97 Å². The van der Waals surface area contributed by atoms with E-state index in [-0.39, 0.29) is 15.6 Å². The maximum Gasteiger partial charge on any atom is 0.339 e. The minimum absolute atomic E-state index is 0.191. The minimum Gasteiger partial charge on any atom is -0.462 e. The topological polar surface area (TPSA) is 26.3 Å². The zero-order chi connectivity index (χ0) is 14.7. The Morgan fingerprint density at radius 1 is 1.25 bits per heavy atom. The summed E-state index contributed by atoms with van der Waals surface area (Å²) in [5.74, 6) is 1.08. The van der Waals surface area contributed by atoms with Gasteiger partial charge in [-0.1, -0.05) is 48.1 Å². The Kier molecular flexibility index (Phi) is 5.59. The van der Waals surface area contributed by atoms with Gasteiger partial charge in [-0.05, 0) is 43.2 Å². The molecule has 0 amide bonds. The fourth-order valence-electron chi connectivity index (χ4n) is 2.54. The van der Waals surface area contributed by atoms with Gasteiger partial charge in [-0.15, -0.1) is 0 Å². The third-order valence-corrected chi connectivity index (χ3v) is 4.90. The van der Waals surface area contributed by atoms with Crippen LogP contribution in [-0.2, 0) is 4.74 Å². The summed E-state index contributed by atoms with van der Waals surface area (Å²) in [5.41, 5.74) is 0.226. The first-order chi connectivity index (χ1) is 9.51. The van der Waals surface area contributed by atoms with Gasteiger partial charge in [-0.2, -0.15) is 0 Å². The number of benzene rings is 1. The molecule has 0 spiro atoms. The van der Waals surface area contributed by atoms with Gasteiger partial charge in [0.1, 0.15) is 0 Å².